The van der Waals surface area contributed by atoms with Gasteiger partial charge in [-0.25, -0.2) is 0 Å². The summed E-state index contributed by atoms with van der Waals surface area (Å²) < 4.78 is 10.8. The summed E-state index contributed by atoms with van der Waals surface area (Å²) in [5, 5.41) is 8.87. The molecule has 2 aromatic carbocycles. The zero-order chi connectivity index (χ0) is 27.8. The Morgan fingerprint density at radius 2 is 1.67 bits per heavy atom. The molecule has 0 spiro atoms. The maximum Gasteiger partial charge on any atom is 0.242 e. The van der Waals surface area contributed by atoms with Crippen molar-refractivity contribution in [2.24, 2.45) is 5.92 Å². The van der Waals surface area contributed by atoms with Crippen LogP contribution in [0.25, 0.3) is 11.3 Å². The quantitative estimate of drug-likeness (QED) is 0.395. The van der Waals surface area contributed by atoms with E-state index in [1.807, 2.05) is 79.4 Å². The molecule has 1 aliphatic heterocycles. The van der Waals surface area contributed by atoms with E-state index in [1.165, 1.54) is 0 Å². The van der Waals surface area contributed by atoms with Crippen LogP contribution < -0.4 is 14.4 Å². The number of piperazine rings is 1. The molecule has 9 heteroatoms. The van der Waals surface area contributed by atoms with Crippen molar-refractivity contribution in [2.75, 3.05) is 58.4 Å². The molecule has 0 atom stereocenters. The number of amides is 2. The summed E-state index contributed by atoms with van der Waals surface area (Å²) >= 11 is 0. The van der Waals surface area contributed by atoms with E-state index in [0.29, 0.717) is 49.9 Å². The van der Waals surface area contributed by atoms with Crippen LogP contribution in [0, 0.1) is 5.92 Å². The van der Waals surface area contributed by atoms with E-state index in [0.717, 1.165) is 23.4 Å². The maximum atomic E-state index is 13.2. The number of aromatic nitrogens is 2. The summed E-state index contributed by atoms with van der Waals surface area (Å²) in [5.74, 6) is 1.95. The zero-order valence-corrected chi connectivity index (χ0v) is 23.2. The highest BCUT2D eigenvalue weighted by molar-refractivity contribution is 5.86. The van der Waals surface area contributed by atoms with E-state index in [1.54, 1.807) is 19.1 Å². The normalized spacial score (nSPS) is 13.4. The summed E-state index contributed by atoms with van der Waals surface area (Å²) in [4.78, 5) is 31.7. The minimum atomic E-state index is -0.162. The molecule has 1 aliphatic rings. The van der Waals surface area contributed by atoms with Crippen LogP contribution in [-0.4, -0.2) is 85.3 Å². The third kappa shape index (κ3) is 7.04. The summed E-state index contributed by atoms with van der Waals surface area (Å²) in [6.07, 6.45) is 0.720. The van der Waals surface area contributed by atoms with Crippen LogP contribution in [0.5, 0.6) is 11.5 Å². The van der Waals surface area contributed by atoms with Crippen molar-refractivity contribution in [3.8, 4) is 22.8 Å². The van der Waals surface area contributed by atoms with Gasteiger partial charge in [0.05, 0.1) is 26.5 Å². The first-order valence-electron chi connectivity index (χ1n) is 13.3. The summed E-state index contributed by atoms with van der Waals surface area (Å²) in [7, 11) is 3.23. The van der Waals surface area contributed by atoms with Crippen LogP contribution in [0.1, 0.15) is 19.4 Å². The van der Waals surface area contributed by atoms with Crippen molar-refractivity contribution in [3.05, 3.63) is 66.2 Å². The highest BCUT2D eigenvalue weighted by Gasteiger charge is 2.26. The van der Waals surface area contributed by atoms with Crippen molar-refractivity contribution in [3.63, 3.8) is 0 Å². The molecule has 0 unspecified atom stereocenters. The van der Waals surface area contributed by atoms with Gasteiger partial charge in [0.25, 0.3) is 0 Å². The molecule has 206 valence electrons. The second-order valence-electron chi connectivity index (χ2n) is 9.86. The van der Waals surface area contributed by atoms with E-state index in [2.05, 4.69) is 15.1 Å². The second kappa shape index (κ2) is 13.1. The summed E-state index contributed by atoms with van der Waals surface area (Å²) in [6, 6.07) is 19.5. The van der Waals surface area contributed by atoms with Crippen LogP contribution >= 0.6 is 0 Å². The molecule has 0 N–H and O–H groups in total. The molecule has 1 fully saturated rings. The lowest BCUT2D eigenvalue weighted by atomic mass is 10.1. The lowest BCUT2D eigenvalue weighted by Crippen LogP contribution is -2.52. The molecule has 9 nitrogen and oxygen atoms in total. The largest absolute Gasteiger partial charge is 0.497 e. The fourth-order valence-electron chi connectivity index (χ4n) is 4.64. The monoisotopic (exact) mass is 531 g/mol. The number of methoxy groups -OCH3 is 2. The lowest BCUT2D eigenvalue weighted by molar-refractivity contribution is -0.142. The highest BCUT2D eigenvalue weighted by Crippen LogP contribution is 2.32. The van der Waals surface area contributed by atoms with Gasteiger partial charge in [-0.15, -0.1) is 10.2 Å². The number of benzene rings is 2. The molecule has 39 heavy (non-hydrogen) atoms. The average Bonchev–Trinajstić information content (AvgIpc) is 2.99. The van der Waals surface area contributed by atoms with E-state index >= 15 is 0 Å². The first kappa shape index (κ1) is 27.9. The van der Waals surface area contributed by atoms with Gasteiger partial charge >= 0.3 is 0 Å². The number of hydrogen-bond acceptors (Lipinski definition) is 7. The molecule has 0 bridgehead atoms. The Morgan fingerprint density at radius 3 is 2.28 bits per heavy atom. The van der Waals surface area contributed by atoms with Crippen molar-refractivity contribution >= 4 is 17.6 Å². The minimum Gasteiger partial charge on any atom is -0.497 e. The van der Waals surface area contributed by atoms with Crippen LogP contribution in [0.15, 0.2) is 60.7 Å². The maximum absolute atomic E-state index is 13.2. The van der Waals surface area contributed by atoms with Crippen LogP contribution in [0.2, 0.25) is 0 Å². The molecule has 1 saturated heterocycles. The molecule has 2 amide bonds. The Bertz CT molecular complexity index is 1240. The van der Waals surface area contributed by atoms with Gasteiger partial charge in [-0.1, -0.05) is 44.2 Å². The van der Waals surface area contributed by atoms with Crippen LogP contribution in [0.3, 0.4) is 0 Å². The Labute approximate surface area is 230 Å². The number of anilines is 1. The minimum absolute atomic E-state index is 0.00164. The van der Waals surface area contributed by atoms with E-state index in [9.17, 15) is 9.59 Å². The molecule has 2 heterocycles. The molecular weight excluding hydrogens is 494 g/mol. The number of carbonyl (C=O) groups excluding carboxylic acids is 2. The van der Waals surface area contributed by atoms with Gasteiger partial charge in [0.15, 0.2) is 5.82 Å². The Morgan fingerprint density at radius 1 is 0.923 bits per heavy atom. The molecular formula is C30H37N5O4. The Balaban J connectivity index is 1.34. The van der Waals surface area contributed by atoms with Crippen molar-refractivity contribution in [1.82, 2.24) is 20.0 Å². The van der Waals surface area contributed by atoms with E-state index in [4.69, 9.17) is 9.47 Å². The molecule has 1 aromatic heterocycles. The topological polar surface area (TPSA) is 88.1 Å². The average molecular weight is 532 g/mol. The number of ether oxygens (including phenoxy) is 2. The molecule has 0 radical (unpaired) electrons. The third-order valence-corrected chi connectivity index (χ3v) is 6.94. The predicted octanol–water partition coefficient (Wildman–Crippen LogP) is 3.54. The van der Waals surface area contributed by atoms with Gasteiger partial charge in [0.2, 0.25) is 11.8 Å². The predicted molar refractivity (Wildman–Crippen MR) is 151 cm³/mol. The zero-order valence-electron chi connectivity index (χ0n) is 23.2. The molecule has 4 rings (SSSR count). The van der Waals surface area contributed by atoms with E-state index in [-0.39, 0.29) is 24.3 Å². The third-order valence-electron chi connectivity index (χ3n) is 6.94. The van der Waals surface area contributed by atoms with Gasteiger partial charge in [-0.3, -0.25) is 9.59 Å². The molecule has 3 aromatic rings. The van der Waals surface area contributed by atoms with Gasteiger partial charge < -0.3 is 24.2 Å². The molecule has 0 aliphatic carbocycles. The number of hydrogen-bond donors (Lipinski definition) is 0. The Hall–Kier alpha value is -4.14. The van der Waals surface area contributed by atoms with Gasteiger partial charge in [-0.2, -0.15) is 0 Å². The van der Waals surface area contributed by atoms with Gasteiger partial charge in [0, 0.05) is 50.3 Å². The van der Waals surface area contributed by atoms with Crippen LogP contribution in [0.4, 0.5) is 5.82 Å². The molecule has 0 saturated carbocycles. The summed E-state index contributed by atoms with van der Waals surface area (Å²) in [6.45, 7) is 6.79. The van der Waals surface area contributed by atoms with Gasteiger partial charge in [0.1, 0.15) is 11.5 Å². The number of nitrogens with zero attached hydrogens (tertiary/aromatic N) is 5. The van der Waals surface area contributed by atoms with E-state index < -0.39 is 0 Å². The smallest absolute Gasteiger partial charge is 0.242 e. The van der Waals surface area contributed by atoms with Crippen molar-refractivity contribution in [2.45, 2.75) is 20.3 Å². The fourth-order valence-corrected chi connectivity index (χ4v) is 4.64. The number of rotatable bonds is 10. The Kier molecular flexibility index (Phi) is 9.35. The van der Waals surface area contributed by atoms with Crippen LogP contribution in [-0.2, 0) is 16.0 Å². The van der Waals surface area contributed by atoms with Crippen molar-refractivity contribution in [1.29, 1.82) is 0 Å². The van der Waals surface area contributed by atoms with Crippen molar-refractivity contribution < 1.29 is 19.1 Å². The SMILES string of the molecule is COc1ccc(-c2ccc(N3CCN(C(=O)CN(CCc4ccccc4)C(=O)C(C)C)CC3)nn2)c(OC)c1. The fraction of sp³-hybridized carbons (Fsp3) is 0.400. The standard InChI is InChI=1S/C30H37N5O4/c1-22(2)30(37)35(15-14-23-8-6-5-7-9-23)21-29(36)34-18-16-33(17-19-34)28-13-12-26(31-32-28)25-11-10-24(38-3)20-27(25)39-4/h5-13,20,22H,14-19,21H2,1-4H3. The number of carbonyl (C=O) groups is 2. The lowest BCUT2D eigenvalue weighted by Gasteiger charge is -2.36. The second-order valence-corrected chi connectivity index (χ2v) is 9.86. The first-order valence-corrected chi connectivity index (χ1v) is 13.3. The summed E-state index contributed by atoms with van der Waals surface area (Å²) in [5.41, 5.74) is 2.69. The first-order chi connectivity index (χ1) is 18.9. The highest BCUT2D eigenvalue weighted by atomic mass is 16.5. The van der Waals surface area contributed by atoms with Gasteiger partial charge in [-0.05, 0) is 36.2 Å².